The molecular weight excluding hydrogens is 287 g/mol. The van der Waals surface area contributed by atoms with Gasteiger partial charge in [-0.15, -0.1) is 11.6 Å². The summed E-state index contributed by atoms with van der Waals surface area (Å²) in [6.45, 7) is 2.10. The molecule has 1 unspecified atom stereocenters. The lowest BCUT2D eigenvalue weighted by atomic mass is 9.94. The minimum absolute atomic E-state index is 0.168. The average molecular weight is 301 g/mol. The van der Waals surface area contributed by atoms with E-state index in [0.29, 0.717) is 0 Å². The van der Waals surface area contributed by atoms with Gasteiger partial charge in [0.1, 0.15) is 0 Å². The van der Waals surface area contributed by atoms with Crippen molar-refractivity contribution in [3.63, 3.8) is 0 Å². The summed E-state index contributed by atoms with van der Waals surface area (Å²) in [6, 6.07) is 20.3. The number of hydrogen-bond acceptors (Lipinski definition) is 0. The van der Waals surface area contributed by atoms with E-state index in [-0.39, 0.29) is 5.38 Å². The Balaban J connectivity index is 2.18. The van der Waals surface area contributed by atoms with Crippen molar-refractivity contribution in [2.24, 2.45) is 0 Å². The molecule has 0 aliphatic carbocycles. The topological polar surface area (TPSA) is 0 Å². The first-order valence-corrected chi connectivity index (χ1v) is 7.36. The maximum atomic E-state index is 6.73. The average Bonchev–Trinajstić information content (AvgIpc) is 2.47. The quantitative estimate of drug-likeness (QED) is 0.499. The molecule has 100 valence electrons. The highest BCUT2D eigenvalue weighted by molar-refractivity contribution is 6.30. The van der Waals surface area contributed by atoms with E-state index < -0.39 is 0 Å². The van der Waals surface area contributed by atoms with Gasteiger partial charge in [-0.25, -0.2) is 0 Å². The third kappa shape index (κ3) is 2.42. The summed E-state index contributed by atoms with van der Waals surface area (Å²) in [7, 11) is 0. The first-order valence-electron chi connectivity index (χ1n) is 6.54. The molecule has 0 bridgehead atoms. The molecule has 0 saturated heterocycles. The SMILES string of the molecule is Cc1ccc2ccccc2c1C(Cl)c1ccc(Cl)cc1. The number of aryl methyl sites for hydroxylation is 1. The van der Waals surface area contributed by atoms with E-state index >= 15 is 0 Å². The van der Waals surface area contributed by atoms with Gasteiger partial charge in [0.2, 0.25) is 0 Å². The molecule has 0 saturated carbocycles. The van der Waals surface area contributed by atoms with Crippen LogP contribution in [-0.2, 0) is 0 Å². The number of rotatable bonds is 2. The highest BCUT2D eigenvalue weighted by Crippen LogP contribution is 2.36. The minimum atomic E-state index is -0.168. The van der Waals surface area contributed by atoms with Crippen molar-refractivity contribution in [2.75, 3.05) is 0 Å². The summed E-state index contributed by atoms with van der Waals surface area (Å²) in [6.07, 6.45) is 0. The molecule has 0 aromatic heterocycles. The lowest BCUT2D eigenvalue weighted by Gasteiger charge is -2.16. The van der Waals surface area contributed by atoms with Gasteiger partial charge in [0.15, 0.2) is 0 Å². The van der Waals surface area contributed by atoms with Crippen LogP contribution in [0.5, 0.6) is 0 Å². The molecule has 0 heterocycles. The number of hydrogen-bond donors (Lipinski definition) is 0. The van der Waals surface area contributed by atoms with Crippen LogP contribution in [0.1, 0.15) is 22.1 Å². The highest BCUT2D eigenvalue weighted by Gasteiger charge is 2.16. The van der Waals surface area contributed by atoms with Gasteiger partial charge < -0.3 is 0 Å². The Kier molecular flexibility index (Phi) is 3.69. The zero-order valence-corrected chi connectivity index (χ0v) is 12.6. The first kappa shape index (κ1) is 13.5. The second kappa shape index (κ2) is 5.47. The first-order chi connectivity index (χ1) is 9.66. The summed E-state index contributed by atoms with van der Waals surface area (Å²) >= 11 is 12.7. The lowest BCUT2D eigenvalue weighted by molar-refractivity contribution is 1.13. The van der Waals surface area contributed by atoms with Crippen LogP contribution in [0.15, 0.2) is 60.7 Å². The van der Waals surface area contributed by atoms with Gasteiger partial charge >= 0.3 is 0 Å². The van der Waals surface area contributed by atoms with Gasteiger partial charge in [0.25, 0.3) is 0 Å². The molecule has 0 fully saturated rings. The number of alkyl halides is 1. The molecular formula is C18H14Cl2. The third-order valence-electron chi connectivity index (χ3n) is 3.60. The van der Waals surface area contributed by atoms with Crippen LogP contribution in [0.4, 0.5) is 0 Å². The Labute approximate surface area is 129 Å². The fourth-order valence-electron chi connectivity index (χ4n) is 2.54. The Morgan fingerprint density at radius 1 is 0.850 bits per heavy atom. The van der Waals surface area contributed by atoms with Gasteiger partial charge in [0.05, 0.1) is 5.38 Å². The van der Waals surface area contributed by atoms with Crippen molar-refractivity contribution in [3.05, 3.63) is 82.4 Å². The molecule has 0 nitrogen and oxygen atoms in total. The van der Waals surface area contributed by atoms with Gasteiger partial charge in [-0.1, -0.05) is 60.1 Å². The third-order valence-corrected chi connectivity index (χ3v) is 4.33. The van der Waals surface area contributed by atoms with E-state index in [0.717, 1.165) is 10.6 Å². The van der Waals surface area contributed by atoms with Gasteiger partial charge in [0, 0.05) is 5.02 Å². The fourth-order valence-corrected chi connectivity index (χ4v) is 3.10. The van der Waals surface area contributed by atoms with Crippen LogP contribution in [0.3, 0.4) is 0 Å². The van der Waals surface area contributed by atoms with Crippen LogP contribution in [0.2, 0.25) is 5.02 Å². The molecule has 20 heavy (non-hydrogen) atoms. The fraction of sp³-hybridized carbons (Fsp3) is 0.111. The maximum absolute atomic E-state index is 6.73. The summed E-state index contributed by atoms with van der Waals surface area (Å²) < 4.78 is 0. The molecule has 0 amide bonds. The zero-order chi connectivity index (χ0) is 14.1. The number of fused-ring (bicyclic) bond motifs is 1. The van der Waals surface area contributed by atoms with Gasteiger partial charge in [-0.05, 0) is 46.5 Å². The van der Waals surface area contributed by atoms with Crippen LogP contribution in [-0.4, -0.2) is 0 Å². The molecule has 0 radical (unpaired) electrons. The molecule has 3 rings (SSSR count). The van der Waals surface area contributed by atoms with Gasteiger partial charge in [-0.3, -0.25) is 0 Å². The summed E-state index contributed by atoms with van der Waals surface area (Å²) in [5.41, 5.74) is 3.45. The predicted molar refractivity (Wildman–Crippen MR) is 87.8 cm³/mol. The second-order valence-electron chi connectivity index (χ2n) is 4.93. The van der Waals surface area contributed by atoms with E-state index in [1.807, 2.05) is 30.3 Å². The Morgan fingerprint density at radius 2 is 1.55 bits per heavy atom. The Hall–Kier alpha value is -1.50. The van der Waals surface area contributed by atoms with E-state index in [1.54, 1.807) is 0 Å². The van der Waals surface area contributed by atoms with Crippen molar-refractivity contribution in [1.82, 2.24) is 0 Å². The largest absolute Gasteiger partial charge is 0.113 e. The van der Waals surface area contributed by atoms with E-state index in [1.165, 1.54) is 21.9 Å². The molecule has 2 heteroatoms. The predicted octanol–water partition coefficient (Wildman–Crippen LogP) is 6.13. The molecule has 3 aromatic rings. The normalized spacial score (nSPS) is 12.6. The zero-order valence-electron chi connectivity index (χ0n) is 11.1. The van der Waals surface area contributed by atoms with Crippen molar-refractivity contribution in [1.29, 1.82) is 0 Å². The summed E-state index contributed by atoms with van der Waals surface area (Å²) in [5, 5.41) is 2.99. The van der Waals surface area contributed by atoms with Crippen molar-refractivity contribution in [3.8, 4) is 0 Å². The van der Waals surface area contributed by atoms with Crippen LogP contribution in [0.25, 0.3) is 10.8 Å². The number of benzene rings is 3. The molecule has 3 aromatic carbocycles. The molecule has 0 aliphatic rings. The number of halogens is 2. The molecule has 0 spiro atoms. The molecule has 0 aliphatic heterocycles. The standard InChI is InChI=1S/C18H14Cl2/c1-12-6-7-13-4-2-3-5-16(13)17(12)18(20)14-8-10-15(19)11-9-14/h2-11,18H,1H3. The van der Waals surface area contributed by atoms with Crippen LogP contribution >= 0.6 is 23.2 Å². The Morgan fingerprint density at radius 3 is 2.30 bits per heavy atom. The second-order valence-corrected chi connectivity index (χ2v) is 5.80. The van der Waals surface area contributed by atoms with E-state index in [9.17, 15) is 0 Å². The van der Waals surface area contributed by atoms with Crippen LogP contribution in [0, 0.1) is 6.92 Å². The van der Waals surface area contributed by atoms with Crippen LogP contribution < -0.4 is 0 Å². The minimum Gasteiger partial charge on any atom is -0.113 e. The van der Waals surface area contributed by atoms with E-state index in [2.05, 4.69) is 37.3 Å². The van der Waals surface area contributed by atoms with Crippen molar-refractivity contribution in [2.45, 2.75) is 12.3 Å². The monoisotopic (exact) mass is 300 g/mol. The summed E-state index contributed by atoms with van der Waals surface area (Å²) in [4.78, 5) is 0. The maximum Gasteiger partial charge on any atom is 0.0844 e. The van der Waals surface area contributed by atoms with Gasteiger partial charge in [-0.2, -0.15) is 0 Å². The van der Waals surface area contributed by atoms with Crippen molar-refractivity contribution >= 4 is 34.0 Å². The summed E-state index contributed by atoms with van der Waals surface area (Å²) in [5.74, 6) is 0. The lowest BCUT2D eigenvalue weighted by Crippen LogP contribution is -1.97. The van der Waals surface area contributed by atoms with E-state index in [4.69, 9.17) is 23.2 Å². The molecule has 0 N–H and O–H groups in total. The Bertz CT molecular complexity index is 745. The highest BCUT2D eigenvalue weighted by atomic mass is 35.5. The molecule has 1 atom stereocenters. The smallest absolute Gasteiger partial charge is 0.0844 e. The van der Waals surface area contributed by atoms with Crippen molar-refractivity contribution < 1.29 is 0 Å².